The summed E-state index contributed by atoms with van der Waals surface area (Å²) in [5, 5.41) is 0. The summed E-state index contributed by atoms with van der Waals surface area (Å²) < 4.78 is 0. The summed E-state index contributed by atoms with van der Waals surface area (Å²) in [6.45, 7) is 9.52. The van der Waals surface area contributed by atoms with Gasteiger partial charge in [-0.25, -0.2) is 0 Å². The van der Waals surface area contributed by atoms with Crippen molar-refractivity contribution in [1.82, 2.24) is 0 Å². The fraction of sp³-hybridized carbons (Fsp3) is 1.00. The van der Waals surface area contributed by atoms with Gasteiger partial charge in [-0.3, -0.25) is 0 Å². The molecule has 1 rings (SSSR count). The Morgan fingerprint density at radius 3 is 1.44 bits per heavy atom. The van der Waals surface area contributed by atoms with Gasteiger partial charge in [0.25, 0.3) is 0 Å². The Labute approximate surface area is 173 Å². The van der Waals surface area contributed by atoms with Gasteiger partial charge in [-0.05, 0) is 49.4 Å². The molecule has 0 aromatic heterocycles. The van der Waals surface area contributed by atoms with Crippen molar-refractivity contribution in [2.75, 3.05) is 0 Å². The Bertz CT molecular complexity index is 305. The molecule has 0 N–H and O–H groups in total. The highest BCUT2D eigenvalue weighted by atomic mass is 14.4. The Morgan fingerprint density at radius 2 is 0.852 bits per heavy atom. The van der Waals surface area contributed by atoms with Gasteiger partial charge in [0.15, 0.2) is 0 Å². The molecule has 0 aromatic rings. The Kier molecular flexibility index (Phi) is 15.7. The standard InChI is InChI=1S/C27H54/c1-5-9-12-13-14-15-18-21-27-25(19-16-10-6-2)23-22-24(8-4)26(27)20-17-11-7-3/h24-27H,5-23H2,1-4H3. The maximum atomic E-state index is 2.47. The number of rotatable bonds is 17. The topological polar surface area (TPSA) is 0 Å². The summed E-state index contributed by atoms with van der Waals surface area (Å²) in [4.78, 5) is 0. The predicted molar refractivity (Wildman–Crippen MR) is 124 cm³/mol. The summed E-state index contributed by atoms with van der Waals surface area (Å²) in [5.41, 5.74) is 0. The summed E-state index contributed by atoms with van der Waals surface area (Å²) in [6, 6.07) is 0. The largest absolute Gasteiger partial charge is 0.0654 e. The fourth-order valence-electron chi connectivity index (χ4n) is 5.94. The SMILES string of the molecule is CCCCCCCCCC1C(CCCCC)CCC(CC)C1CCCCC. The van der Waals surface area contributed by atoms with Crippen molar-refractivity contribution in [1.29, 1.82) is 0 Å². The fourth-order valence-corrected chi connectivity index (χ4v) is 5.94. The molecule has 0 radical (unpaired) electrons. The van der Waals surface area contributed by atoms with Crippen molar-refractivity contribution in [3.05, 3.63) is 0 Å². The molecule has 162 valence electrons. The van der Waals surface area contributed by atoms with E-state index in [0.29, 0.717) is 0 Å². The lowest BCUT2D eigenvalue weighted by Gasteiger charge is -2.44. The summed E-state index contributed by atoms with van der Waals surface area (Å²) in [6.07, 6.45) is 28.1. The predicted octanol–water partition coefficient (Wildman–Crippen LogP) is 9.96. The quantitative estimate of drug-likeness (QED) is 0.221. The second-order valence-corrected chi connectivity index (χ2v) is 9.74. The zero-order valence-electron chi connectivity index (χ0n) is 19.7. The first-order chi connectivity index (χ1) is 13.3. The molecule has 0 saturated heterocycles. The highest BCUT2D eigenvalue weighted by Gasteiger charge is 2.37. The van der Waals surface area contributed by atoms with Crippen LogP contribution in [0, 0.1) is 23.7 Å². The monoisotopic (exact) mass is 378 g/mol. The van der Waals surface area contributed by atoms with Gasteiger partial charge in [0, 0.05) is 0 Å². The third-order valence-electron chi connectivity index (χ3n) is 7.65. The minimum atomic E-state index is 1.04. The minimum Gasteiger partial charge on any atom is -0.0654 e. The molecule has 0 spiro atoms. The third-order valence-corrected chi connectivity index (χ3v) is 7.65. The Hall–Kier alpha value is 0. The van der Waals surface area contributed by atoms with Crippen molar-refractivity contribution < 1.29 is 0 Å². The van der Waals surface area contributed by atoms with Gasteiger partial charge in [0.1, 0.15) is 0 Å². The first-order valence-electron chi connectivity index (χ1n) is 13.3. The van der Waals surface area contributed by atoms with E-state index in [-0.39, 0.29) is 0 Å². The number of hydrogen-bond acceptors (Lipinski definition) is 0. The van der Waals surface area contributed by atoms with Crippen LogP contribution < -0.4 is 0 Å². The van der Waals surface area contributed by atoms with Gasteiger partial charge in [-0.2, -0.15) is 0 Å². The normalized spacial score (nSPS) is 25.8. The molecule has 0 heterocycles. The zero-order valence-corrected chi connectivity index (χ0v) is 19.7. The molecule has 1 saturated carbocycles. The van der Waals surface area contributed by atoms with Crippen molar-refractivity contribution in [2.45, 2.75) is 150 Å². The van der Waals surface area contributed by atoms with Gasteiger partial charge in [-0.1, -0.05) is 124 Å². The van der Waals surface area contributed by atoms with Crippen LogP contribution in [0.2, 0.25) is 0 Å². The van der Waals surface area contributed by atoms with Crippen LogP contribution in [0.1, 0.15) is 150 Å². The highest BCUT2D eigenvalue weighted by Crippen LogP contribution is 2.47. The zero-order chi connectivity index (χ0) is 19.7. The Morgan fingerprint density at radius 1 is 0.444 bits per heavy atom. The van der Waals surface area contributed by atoms with E-state index in [1.54, 1.807) is 12.8 Å². The molecule has 0 bridgehead atoms. The van der Waals surface area contributed by atoms with Gasteiger partial charge < -0.3 is 0 Å². The van der Waals surface area contributed by atoms with E-state index < -0.39 is 0 Å². The number of unbranched alkanes of at least 4 members (excludes halogenated alkanes) is 10. The van der Waals surface area contributed by atoms with Crippen LogP contribution in [0.5, 0.6) is 0 Å². The molecule has 4 atom stereocenters. The van der Waals surface area contributed by atoms with Gasteiger partial charge in [0.2, 0.25) is 0 Å². The van der Waals surface area contributed by atoms with Crippen molar-refractivity contribution in [3.63, 3.8) is 0 Å². The van der Waals surface area contributed by atoms with E-state index in [9.17, 15) is 0 Å². The van der Waals surface area contributed by atoms with E-state index in [1.165, 1.54) is 109 Å². The van der Waals surface area contributed by atoms with Gasteiger partial charge >= 0.3 is 0 Å². The third kappa shape index (κ3) is 10.4. The van der Waals surface area contributed by atoms with Crippen LogP contribution in [0.3, 0.4) is 0 Å². The van der Waals surface area contributed by atoms with Gasteiger partial charge in [-0.15, -0.1) is 0 Å². The van der Waals surface area contributed by atoms with E-state index in [2.05, 4.69) is 27.7 Å². The van der Waals surface area contributed by atoms with Crippen LogP contribution in [-0.4, -0.2) is 0 Å². The van der Waals surface area contributed by atoms with E-state index in [1.807, 2.05) is 0 Å². The second kappa shape index (κ2) is 16.9. The molecule has 1 aliphatic carbocycles. The number of hydrogen-bond donors (Lipinski definition) is 0. The first kappa shape index (κ1) is 25.0. The molecule has 1 aliphatic rings. The lowest BCUT2D eigenvalue weighted by molar-refractivity contribution is 0.0620. The van der Waals surface area contributed by atoms with Crippen LogP contribution in [-0.2, 0) is 0 Å². The van der Waals surface area contributed by atoms with Crippen molar-refractivity contribution in [3.8, 4) is 0 Å². The van der Waals surface area contributed by atoms with Crippen LogP contribution >= 0.6 is 0 Å². The minimum absolute atomic E-state index is 1.04. The van der Waals surface area contributed by atoms with Crippen LogP contribution in [0.4, 0.5) is 0 Å². The van der Waals surface area contributed by atoms with Crippen molar-refractivity contribution in [2.24, 2.45) is 23.7 Å². The summed E-state index contributed by atoms with van der Waals surface area (Å²) in [7, 11) is 0. The van der Waals surface area contributed by atoms with Gasteiger partial charge in [0.05, 0.1) is 0 Å². The van der Waals surface area contributed by atoms with Crippen molar-refractivity contribution >= 4 is 0 Å². The maximum Gasteiger partial charge on any atom is -0.0355 e. The average molecular weight is 379 g/mol. The van der Waals surface area contributed by atoms with E-state index in [4.69, 9.17) is 0 Å². The molecule has 4 unspecified atom stereocenters. The van der Waals surface area contributed by atoms with E-state index >= 15 is 0 Å². The highest BCUT2D eigenvalue weighted by molar-refractivity contribution is 4.87. The molecule has 1 fully saturated rings. The maximum absolute atomic E-state index is 2.47. The molecular formula is C27H54. The smallest absolute Gasteiger partial charge is 0.0355 e. The molecule has 0 nitrogen and oxygen atoms in total. The molecule has 0 heteroatoms. The molecule has 0 amide bonds. The summed E-state index contributed by atoms with van der Waals surface area (Å²) >= 11 is 0. The molecule has 27 heavy (non-hydrogen) atoms. The Balaban J connectivity index is 2.56. The second-order valence-electron chi connectivity index (χ2n) is 9.74. The first-order valence-corrected chi connectivity index (χ1v) is 13.3. The molecule has 0 aliphatic heterocycles. The molecular weight excluding hydrogens is 324 g/mol. The molecule has 0 aromatic carbocycles. The lowest BCUT2D eigenvalue weighted by atomic mass is 9.61. The summed E-state index contributed by atoms with van der Waals surface area (Å²) in [5.74, 6) is 4.22. The van der Waals surface area contributed by atoms with Crippen LogP contribution in [0.15, 0.2) is 0 Å². The lowest BCUT2D eigenvalue weighted by Crippen LogP contribution is -2.35. The van der Waals surface area contributed by atoms with Crippen LogP contribution in [0.25, 0.3) is 0 Å². The average Bonchev–Trinajstić information content (AvgIpc) is 2.69. The van der Waals surface area contributed by atoms with E-state index in [0.717, 1.165) is 23.7 Å².